The molecule has 2 saturated carbocycles. The van der Waals surface area contributed by atoms with Crippen LogP contribution in [0.4, 0.5) is 34.1 Å². The first-order chi connectivity index (χ1) is 31.2. The molecule has 0 atom stereocenters. The average molecular weight is 815 g/mol. The standard InChI is InChI=1S/C58H51BN4/c1-5-14-40(15-6-1)44-22-28-49(29-23-44)62-53-32-26-46(42-18-9-3-10-19-42)36-51(53)59-52-37-47(43-20-11-4-12-21-43)27-33-54(52)63(50-30-24-45(25-31-50)41-16-7-2-8-17-41)56-39-48(38-55(62)57(56)59)58-60-34-13-35-61-58/h1-2,5-8,13-17,22-39,42-43H,3-4,9-12,18-21H2. The molecule has 2 fully saturated rings. The first kappa shape index (κ1) is 38.0. The number of anilines is 6. The van der Waals surface area contributed by atoms with Gasteiger partial charge in [0, 0.05) is 52.1 Å². The lowest BCUT2D eigenvalue weighted by Crippen LogP contribution is -2.61. The molecular formula is C58H51BN4. The highest BCUT2D eigenvalue weighted by atomic mass is 15.2. The molecule has 0 amide bonds. The second-order valence-corrected chi connectivity index (χ2v) is 18.2. The van der Waals surface area contributed by atoms with Crippen molar-refractivity contribution in [2.75, 3.05) is 9.80 Å². The summed E-state index contributed by atoms with van der Waals surface area (Å²) >= 11 is 0. The highest BCUT2D eigenvalue weighted by molar-refractivity contribution is 7.00. The van der Waals surface area contributed by atoms with E-state index >= 15 is 0 Å². The third-order valence-electron chi connectivity index (χ3n) is 14.6. The number of hydrogen-bond acceptors (Lipinski definition) is 4. The molecule has 7 aromatic carbocycles. The molecular weight excluding hydrogens is 763 g/mol. The summed E-state index contributed by atoms with van der Waals surface area (Å²) in [4.78, 5) is 14.8. The van der Waals surface area contributed by atoms with Crippen molar-refractivity contribution in [2.24, 2.45) is 0 Å². The summed E-state index contributed by atoms with van der Waals surface area (Å²) in [6.45, 7) is 0.0532. The van der Waals surface area contributed by atoms with E-state index in [2.05, 4.69) is 168 Å². The third kappa shape index (κ3) is 6.86. The summed E-state index contributed by atoms with van der Waals surface area (Å²) in [6.07, 6.45) is 16.8. The van der Waals surface area contributed by atoms with Gasteiger partial charge in [0.25, 0.3) is 6.71 Å². The van der Waals surface area contributed by atoms with Crippen LogP contribution in [0.3, 0.4) is 0 Å². The number of benzene rings is 7. The van der Waals surface area contributed by atoms with Gasteiger partial charge in [-0.3, -0.25) is 0 Å². The number of fused-ring (bicyclic) bond motifs is 4. The van der Waals surface area contributed by atoms with Crippen molar-refractivity contribution in [1.82, 2.24) is 9.97 Å². The van der Waals surface area contributed by atoms with Crippen LogP contribution in [0.1, 0.15) is 87.2 Å². The molecule has 3 heterocycles. The van der Waals surface area contributed by atoms with E-state index in [0.29, 0.717) is 11.8 Å². The maximum atomic E-state index is 4.86. The van der Waals surface area contributed by atoms with Gasteiger partial charge in [0.2, 0.25) is 0 Å². The molecule has 0 N–H and O–H groups in total. The first-order valence-corrected chi connectivity index (χ1v) is 23.4. The second-order valence-electron chi connectivity index (χ2n) is 18.2. The molecule has 0 saturated heterocycles. The van der Waals surface area contributed by atoms with Crippen molar-refractivity contribution in [1.29, 1.82) is 0 Å². The summed E-state index contributed by atoms with van der Waals surface area (Å²) < 4.78 is 0. The van der Waals surface area contributed by atoms with E-state index in [1.807, 2.05) is 18.5 Å². The van der Waals surface area contributed by atoms with Crippen molar-refractivity contribution in [3.05, 3.63) is 187 Å². The third-order valence-corrected chi connectivity index (χ3v) is 14.6. The lowest BCUT2D eigenvalue weighted by atomic mass is 9.33. The van der Waals surface area contributed by atoms with Crippen molar-refractivity contribution in [2.45, 2.75) is 76.0 Å². The quantitative estimate of drug-likeness (QED) is 0.150. The van der Waals surface area contributed by atoms with E-state index < -0.39 is 0 Å². The first-order valence-electron chi connectivity index (χ1n) is 23.4. The zero-order chi connectivity index (χ0) is 41.7. The van der Waals surface area contributed by atoms with Crippen molar-refractivity contribution in [3.8, 4) is 33.6 Å². The van der Waals surface area contributed by atoms with Gasteiger partial charge in [-0.2, -0.15) is 0 Å². The van der Waals surface area contributed by atoms with Crippen LogP contribution in [0.5, 0.6) is 0 Å². The summed E-state index contributed by atoms with van der Waals surface area (Å²) in [6, 6.07) is 61.6. The van der Waals surface area contributed by atoms with Gasteiger partial charge in [-0.05, 0) is 142 Å². The number of rotatable bonds is 7. The molecule has 63 heavy (non-hydrogen) atoms. The van der Waals surface area contributed by atoms with Crippen LogP contribution < -0.4 is 26.2 Å². The summed E-state index contributed by atoms with van der Waals surface area (Å²) in [5.41, 5.74) is 20.2. The topological polar surface area (TPSA) is 32.3 Å². The molecule has 306 valence electrons. The van der Waals surface area contributed by atoms with Crippen LogP contribution in [0, 0.1) is 0 Å². The minimum atomic E-state index is 0.0532. The van der Waals surface area contributed by atoms with E-state index in [1.165, 1.54) is 137 Å². The maximum absolute atomic E-state index is 4.86. The van der Waals surface area contributed by atoms with Gasteiger partial charge in [-0.25, -0.2) is 9.97 Å². The van der Waals surface area contributed by atoms with E-state index in [-0.39, 0.29) is 6.71 Å². The molecule has 1 aromatic heterocycles. The Labute approximate surface area is 372 Å². The van der Waals surface area contributed by atoms with Crippen LogP contribution in [0.25, 0.3) is 33.6 Å². The van der Waals surface area contributed by atoms with Crippen molar-refractivity contribution < 1.29 is 0 Å². The fourth-order valence-corrected chi connectivity index (χ4v) is 11.4. The van der Waals surface area contributed by atoms with E-state index in [0.717, 1.165) is 22.8 Å². The SMILES string of the molecule is c1ccc(-c2ccc(N3c4ccc(C5CCCCC5)cc4B4c5cc(C6CCCCC6)ccc5N(c5ccc(-c6ccccc6)cc5)c5cc(-c6ncccn6)cc3c54)cc2)cc1. The largest absolute Gasteiger partial charge is 0.311 e. The van der Waals surface area contributed by atoms with Crippen LogP contribution in [-0.2, 0) is 0 Å². The lowest BCUT2D eigenvalue weighted by molar-refractivity contribution is 0.444. The molecule has 8 aromatic rings. The molecule has 2 aliphatic carbocycles. The molecule has 0 spiro atoms. The molecule has 0 radical (unpaired) electrons. The minimum Gasteiger partial charge on any atom is -0.311 e. The fourth-order valence-electron chi connectivity index (χ4n) is 11.4. The zero-order valence-corrected chi connectivity index (χ0v) is 35.8. The Morgan fingerprint density at radius 2 is 0.810 bits per heavy atom. The summed E-state index contributed by atoms with van der Waals surface area (Å²) in [5.74, 6) is 1.92. The molecule has 5 heteroatoms. The molecule has 0 unspecified atom stereocenters. The number of aromatic nitrogens is 2. The zero-order valence-electron chi connectivity index (χ0n) is 35.8. The van der Waals surface area contributed by atoms with Gasteiger partial charge in [0.15, 0.2) is 5.82 Å². The van der Waals surface area contributed by atoms with Crippen molar-refractivity contribution in [3.63, 3.8) is 0 Å². The van der Waals surface area contributed by atoms with Crippen LogP contribution >= 0.6 is 0 Å². The minimum absolute atomic E-state index is 0.0532. The predicted octanol–water partition coefficient (Wildman–Crippen LogP) is 13.7. The summed E-state index contributed by atoms with van der Waals surface area (Å²) in [5, 5.41) is 0. The highest BCUT2D eigenvalue weighted by Crippen LogP contribution is 2.47. The fraction of sp³-hybridized carbons (Fsp3) is 0.207. The number of hydrogen-bond donors (Lipinski definition) is 0. The Hall–Kier alpha value is -6.72. The maximum Gasteiger partial charge on any atom is 0.252 e. The Balaban J connectivity index is 1.12. The smallest absolute Gasteiger partial charge is 0.252 e. The summed E-state index contributed by atoms with van der Waals surface area (Å²) in [7, 11) is 0. The monoisotopic (exact) mass is 814 g/mol. The predicted molar refractivity (Wildman–Crippen MR) is 264 cm³/mol. The van der Waals surface area contributed by atoms with Gasteiger partial charge >= 0.3 is 0 Å². The Morgan fingerprint density at radius 3 is 1.25 bits per heavy atom. The molecule has 12 rings (SSSR count). The van der Waals surface area contributed by atoms with Crippen LogP contribution in [-0.4, -0.2) is 16.7 Å². The molecule has 4 nitrogen and oxygen atoms in total. The van der Waals surface area contributed by atoms with E-state index in [4.69, 9.17) is 9.97 Å². The lowest BCUT2D eigenvalue weighted by Gasteiger charge is -2.45. The van der Waals surface area contributed by atoms with E-state index in [1.54, 1.807) is 0 Å². The van der Waals surface area contributed by atoms with Gasteiger partial charge in [-0.15, -0.1) is 0 Å². The van der Waals surface area contributed by atoms with E-state index in [9.17, 15) is 0 Å². The molecule has 2 aliphatic heterocycles. The van der Waals surface area contributed by atoms with Crippen LogP contribution in [0.2, 0.25) is 0 Å². The average Bonchev–Trinajstić information content (AvgIpc) is 3.37. The Morgan fingerprint density at radius 1 is 0.381 bits per heavy atom. The molecule has 0 bridgehead atoms. The van der Waals surface area contributed by atoms with Gasteiger partial charge < -0.3 is 9.80 Å². The Bertz CT molecular complexity index is 2730. The normalized spacial score (nSPS) is 16.0. The highest BCUT2D eigenvalue weighted by Gasteiger charge is 2.44. The van der Waals surface area contributed by atoms with Crippen molar-refractivity contribution >= 4 is 57.2 Å². The van der Waals surface area contributed by atoms with Crippen LogP contribution in [0.15, 0.2) is 176 Å². The van der Waals surface area contributed by atoms with Gasteiger partial charge in [0.1, 0.15) is 0 Å². The Kier molecular flexibility index (Phi) is 9.77. The second kappa shape index (κ2) is 16.2. The molecule has 4 aliphatic rings. The van der Waals surface area contributed by atoms with Gasteiger partial charge in [-0.1, -0.05) is 148 Å². The van der Waals surface area contributed by atoms with Gasteiger partial charge in [0.05, 0.1) is 0 Å². The number of nitrogens with zero attached hydrogens (tertiary/aromatic N) is 4.